The Morgan fingerprint density at radius 2 is 2.27 bits per heavy atom. The number of amides is 1. The van der Waals surface area contributed by atoms with Crippen molar-refractivity contribution in [1.82, 2.24) is 14.5 Å². The molecule has 114 valence electrons. The second-order valence-corrected chi connectivity index (χ2v) is 7.19. The molecule has 0 saturated carbocycles. The molecule has 22 heavy (non-hydrogen) atoms. The van der Waals surface area contributed by atoms with Gasteiger partial charge < -0.3 is 4.57 Å². The summed E-state index contributed by atoms with van der Waals surface area (Å²) in [5.74, 6) is -0.0116. The summed E-state index contributed by atoms with van der Waals surface area (Å²) < 4.78 is 2.01. The Morgan fingerprint density at radius 3 is 3.09 bits per heavy atom. The first-order valence-corrected chi connectivity index (χ1v) is 8.76. The number of imidazole rings is 1. The maximum absolute atomic E-state index is 12.8. The second kappa shape index (κ2) is 5.62. The molecule has 0 fully saturated rings. The Hall–Kier alpha value is -1.47. The predicted octanol–water partition coefficient (Wildman–Crippen LogP) is 2.60. The number of fused-ring (bicyclic) bond motifs is 2. The maximum atomic E-state index is 12.8. The summed E-state index contributed by atoms with van der Waals surface area (Å²) in [6.07, 6.45) is 9.62. The third-order valence-corrected chi connectivity index (χ3v) is 5.90. The van der Waals surface area contributed by atoms with Crippen LogP contribution in [0.1, 0.15) is 25.7 Å². The fourth-order valence-corrected chi connectivity index (χ4v) is 4.96. The summed E-state index contributed by atoms with van der Waals surface area (Å²) >= 11 is 7.02. The minimum atomic E-state index is -0.137. The monoisotopic (exact) mass is 332 g/mol. The van der Waals surface area contributed by atoms with Crippen LogP contribution < -0.4 is 0 Å². The first-order chi connectivity index (χ1) is 10.7. The molecule has 5 nitrogen and oxygen atoms in total. The SMILES string of the molecule is O=C1C2C(=NC(=S)N1CCCn1ccnc1)SC1=C2CCC1. The highest BCUT2D eigenvalue weighted by Crippen LogP contribution is 2.49. The van der Waals surface area contributed by atoms with Crippen LogP contribution in [-0.4, -0.2) is 37.1 Å². The van der Waals surface area contributed by atoms with E-state index in [1.807, 2.05) is 10.8 Å². The van der Waals surface area contributed by atoms with E-state index in [-0.39, 0.29) is 11.8 Å². The second-order valence-electron chi connectivity index (χ2n) is 5.71. The smallest absolute Gasteiger partial charge is 0.242 e. The minimum Gasteiger partial charge on any atom is -0.337 e. The van der Waals surface area contributed by atoms with Crippen LogP contribution in [0.4, 0.5) is 0 Å². The highest BCUT2D eigenvalue weighted by atomic mass is 32.2. The molecule has 0 saturated heterocycles. The zero-order chi connectivity index (χ0) is 15.1. The van der Waals surface area contributed by atoms with Gasteiger partial charge in [-0.05, 0) is 48.4 Å². The van der Waals surface area contributed by atoms with Crippen LogP contribution in [0.15, 0.2) is 34.2 Å². The van der Waals surface area contributed by atoms with Crippen LogP contribution in [0.5, 0.6) is 0 Å². The molecule has 1 amide bonds. The van der Waals surface area contributed by atoms with Gasteiger partial charge in [-0.3, -0.25) is 9.69 Å². The van der Waals surface area contributed by atoms with Crippen LogP contribution in [0.2, 0.25) is 0 Å². The maximum Gasteiger partial charge on any atom is 0.242 e. The summed E-state index contributed by atoms with van der Waals surface area (Å²) in [7, 11) is 0. The molecule has 1 aromatic rings. The van der Waals surface area contributed by atoms with Crippen molar-refractivity contribution in [1.29, 1.82) is 0 Å². The van der Waals surface area contributed by atoms with Crippen LogP contribution >= 0.6 is 24.0 Å². The highest BCUT2D eigenvalue weighted by Gasteiger charge is 2.44. The lowest BCUT2D eigenvalue weighted by molar-refractivity contribution is -0.128. The molecular formula is C15H16N4OS2. The average Bonchev–Trinajstić information content (AvgIpc) is 3.18. The molecule has 0 aromatic carbocycles. The van der Waals surface area contributed by atoms with Crippen molar-refractivity contribution in [2.45, 2.75) is 32.2 Å². The van der Waals surface area contributed by atoms with Crippen molar-refractivity contribution in [3.05, 3.63) is 29.2 Å². The number of aromatic nitrogens is 2. The Bertz CT molecular complexity index is 692. The number of aliphatic imine (C=N–C) groups is 1. The first-order valence-electron chi connectivity index (χ1n) is 7.53. The van der Waals surface area contributed by atoms with E-state index in [9.17, 15) is 4.79 Å². The van der Waals surface area contributed by atoms with Gasteiger partial charge in [-0.25, -0.2) is 9.98 Å². The van der Waals surface area contributed by atoms with E-state index in [4.69, 9.17) is 12.2 Å². The van der Waals surface area contributed by atoms with E-state index < -0.39 is 0 Å². The van der Waals surface area contributed by atoms with Crippen molar-refractivity contribution >= 4 is 40.0 Å². The molecule has 1 atom stereocenters. The third-order valence-electron chi connectivity index (χ3n) is 4.34. The van der Waals surface area contributed by atoms with E-state index in [2.05, 4.69) is 9.98 Å². The van der Waals surface area contributed by atoms with E-state index in [0.29, 0.717) is 11.7 Å². The topological polar surface area (TPSA) is 50.5 Å². The third kappa shape index (κ3) is 2.32. The van der Waals surface area contributed by atoms with Crippen molar-refractivity contribution in [2.24, 2.45) is 10.9 Å². The first kappa shape index (κ1) is 14.1. The Kier molecular flexibility index (Phi) is 3.62. The summed E-state index contributed by atoms with van der Waals surface area (Å²) in [6, 6.07) is 0. The normalized spacial score (nSPS) is 23.9. The summed E-state index contributed by atoms with van der Waals surface area (Å²) in [5, 5.41) is 1.33. The van der Waals surface area contributed by atoms with Gasteiger partial charge in [0, 0.05) is 25.5 Å². The Morgan fingerprint density at radius 1 is 1.36 bits per heavy atom. The number of rotatable bonds is 4. The average molecular weight is 332 g/mol. The molecule has 4 rings (SSSR count). The standard InChI is InChI=1S/C15H16N4OS2/c20-14-12-10-3-1-4-11(10)22-13(12)17-15(21)19(14)7-2-6-18-8-5-16-9-18/h5,8-9,12H,1-4,6-7H2. The number of hydrogen-bond acceptors (Lipinski definition) is 4. The molecular weight excluding hydrogens is 316 g/mol. The number of hydrogen-bond donors (Lipinski definition) is 0. The van der Waals surface area contributed by atoms with E-state index in [0.717, 1.165) is 30.9 Å². The lowest BCUT2D eigenvalue weighted by Crippen LogP contribution is -2.45. The van der Waals surface area contributed by atoms with E-state index in [1.54, 1.807) is 29.2 Å². The van der Waals surface area contributed by atoms with Crippen molar-refractivity contribution in [3.8, 4) is 0 Å². The summed E-state index contributed by atoms with van der Waals surface area (Å²) in [6.45, 7) is 1.45. The molecule has 3 aliphatic rings. The zero-order valence-corrected chi connectivity index (χ0v) is 13.7. The highest BCUT2D eigenvalue weighted by molar-refractivity contribution is 8.17. The molecule has 2 aliphatic heterocycles. The van der Waals surface area contributed by atoms with Crippen molar-refractivity contribution in [3.63, 3.8) is 0 Å². The quantitative estimate of drug-likeness (QED) is 0.795. The molecule has 0 radical (unpaired) electrons. The van der Waals surface area contributed by atoms with Crippen LogP contribution in [0.3, 0.4) is 0 Å². The van der Waals surface area contributed by atoms with Crippen molar-refractivity contribution < 1.29 is 4.79 Å². The van der Waals surface area contributed by atoms with Gasteiger partial charge >= 0.3 is 0 Å². The zero-order valence-electron chi connectivity index (χ0n) is 12.1. The van der Waals surface area contributed by atoms with Gasteiger partial charge in [-0.15, -0.1) is 0 Å². The molecule has 0 N–H and O–H groups in total. The molecule has 1 aliphatic carbocycles. The molecule has 0 spiro atoms. The largest absolute Gasteiger partial charge is 0.337 e. The summed E-state index contributed by atoms with van der Waals surface area (Å²) in [5.41, 5.74) is 1.30. The fourth-order valence-electron chi connectivity index (χ4n) is 3.28. The number of thioether (sulfide) groups is 1. The molecule has 3 heterocycles. The lowest BCUT2D eigenvalue weighted by atomic mass is 9.97. The van der Waals surface area contributed by atoms with E-state index in [1.165, 1.54) is 16.9 Å². The summed E-state index contributed by atoms with van der Waals surface area (Å²) in [4.78, 5) is 24.4. The van der Waals surface area contributed by atoms with E-state index >= 15 is 0 Å². The number of carbonyl (C=O) groups excluding carboxylic acids is 1. The molecule has 1 aromatic heterocycles. The number of allylic oxidation sites excluding steroid dienone is 1. The number of nitrogens with zero attached hydrogens (tertiary/aromatic N) is 4. The van der Waals surface area contributed by atoms with Crippen LogP contribution in [0.25, 0.3) is 0 Å². The number of aryl methyl sites for hydroxylation is 1. The van der Waals surface area contributed by atoms with Gasteiger partial charge in [0.1, 0.15) is 5.92 Å². The number of carbonyl (C=O) groups is 1. The molecule has 0 bridgehead atoms. The van der Waals surface area contributed by atoms with Crippen LogP contribution in [0, 0.1) is 5.92 Å². The van der Waals surface area contributed by atoms with Gasteiger partial charge in [-0.2, -0.15) is 0 Å². The van der Waals surface area contributed by atoms with Crippen molar-refractivity contribution in [2.75, 3.05) is 6.54 Å². The predicted molar refractivity (Wildman–Crippen MR) is 90.5 cm³/mol. The Balaban J connectivity index is 1.47. The van der Waals surface area contributed by atoms with Crippen LogP contribution in [-0.2, 0) is 11.3 Å². The van der Waals surface area contributed by atoms with Gasteiger partial charge in [0.05, 0.1) is 11.4 Å². The fraction of sp³-hybridized carbons (Fsp3) is 0.467. The van der Waals surface area contributed by atoms with Gasteiger partial charge in [-0.1, -0.05) is 11.8 Å². The Labute approximate surface area is 138 Å². The minimum absolute atomic E-state index is 0.125. The molecule has 1 unspecified atom stereocenters. The molecule has 7 heteroatoms. The van der Waals surface area contributed by atoms with Gasteiger partial charge in [0.25, 0.3) is 0 Å². The van der Waals surface area contributed by atoms with Gasteiger partial charge in [0.2, 0.25) is 11.0 Å². The van der Waals surface area contributed by atoms with Gasteiger partial charge in [0.15, 0.2) is 0 Å². The lowest BCUT2D eigenvalue weighted by Gasteiger charge is -2.29. The number of thiocarbonyl (C=S) groups is 1.